The second-order valence-electron chi connectivity index (χ2n) is 9.70. The van der Waals surface area contributed by atoms with Gasteiger partial charge < -0.3 is 34.6 Å². The molecule has 2 aliphatic heterocycles. The van der Waals surface area contributed by atoms with Crippen LogP contribution in [-0.2, 0) is 11.2 Å². The second kappa shape index (κ2) is 10.9. The van der Waals surface area contributed by atoms with Gasteiger partial charge in [0.05, 0.1) is 24.6 Å². The second-order valence-corrected chi connectivity index (χ2v) is 9.70. The van der Waals surface area contributed by atoms with Crippen LogP contribution in [0.3, 0.4) is 0 Å². The van der Waals surface area contributed by atoms with Crippen molar-refractivity contribution in [3.05, 3.63) is 53.3 Å². The van der Waals surface area contributed by atoms with Gasteiger partial charge in [-0.15, -0.1) is 5.10 Å². The van der Waals surface area contributed by atoms with Crippen molar-refractivity contribution in [1.82, 2.24) is 25.1 Å². The summed E-state index contributed by atoms with van der Waals surface area (Å²) in [6, 6.07) is 1.97. The number of halogens is 3. The van der Waals surface area contributed by atoms with Gasteiger partial charge >= 0.3 is 6.09 Å². The smallest absolute Gasteiger partial charge is 0.407 e. The highest BCUT2D eigenvalue weighted by molar-refractivity contribution is 5.65. The molecule has 4 N–H and O–H groups in total. The van der Waals surface area contributed by atoms with Crippen molar-refractivity contribution in [3.63, 3.8) is 0 Å². The Bertz CT molecular complexity index is 1310. The predicted molar refractivity (Wildman–Crippen MR) is 124 cm³/mol. The van der Waals surface area contributed by atoms with Gasteiger partial charge in [-0.1, -0.05) is 10.4 Å². The fourth-order valence-corrected chi connectivity index (χ4v) is 5.12. The maximum absolute atomic E-state index is 13.7. The van der Waals surface area contributed by atoms with Gasteiger partial charge in [-0.2, -0.15) is 0 Å². The highest BCUT2D eigenvalue weighted by Crippen LogP contribution is 2.34. The van der Waals surface area contributed by atoms with E-state index >= 15 is 0 Å². The first-order chi connectivity index (χ1) is 18.7. The van der Waals surface area contributed by atoms with E-state index < -0.39 is 60.6 Å². The first kappa shape index (κ1) is 27.1. The van der Waals surface area contributed by atoms with Gasteiger partial charge in [-0.05, 0) is 25.0 Å². The lowest BCUT2D eigenvalue weighted by Crippen LogP contribution is -2.56. The maximum Gasteiger partial charge on any atom is 0.407 e. The number of amides is 1. The summed E-state index contributed by atoms with van der Waals surface area (Å²) in [5.41, 5.74) is 0.257. The number of rotatable bonds is 6. The van der Waals surface area contributed by atoms with E-state index in [9.17, 15) is 38.4 Å². The third-order valence-corrected chi connectivity index (χ3v) is 7.17. The van der Waals surface area contributed by atoms with Crippen LogP contribution in [0.1, 0.15) is 36.3 Å². The van der Waals surface area contributed by atoms with Gasteiger partial charge in [0.15, 0.2) is 17.5 Å². The molecule has 0 aliphatic carbocycles. The molecule has 1 aromatic carbocycles. The van der Waals surface area contributed by atoms with Crippen LogP contribution < -0.4 is 0 Å². The van der Waals surface area contributed by atoms with E-state index in [1.165, 1.54) is 11.1 Å². The molecule has 2 fully saturated rings. The molecular formula is C24H26F3N5O7. The van der Waals surface area contributed by atoms with Crippen LogP contribution in [0.15, 0.2) is 28.9 Å². The fourth-order valence-electron chi connectivity index (χ4n) is 5.12. The van der Waals surface area contributed by atoms with Crippen molar-refractivity contribution in [2.24, 2.45) is 0 Å². The molecular weight excluding hydrogens is 527 g/mol. The van der Waals surface area contributed by atoms with Crippen LogP contribution in [0.25, 0.3) is 11.3 Å². The van der Waals surface area contributed by atoms with Crippen LogP contribution in [0.2, 0.25) is 0 Å². The molecule has 0 saturated carbocycles. The largest absolute Gasteiger partial charge is 0.465 e. The molecule has 3 aromatic rings. The molecule has 5 rings (SSSR count). The zero-order valence-electron chi connectivity index (χ0n) is 20.4. The number of aliphatic hydroxyl groups excluding tert-OH is 3. The minimum atomic E-state index is -1.63. The molecule has 1 amide bonds. The van der Waals surface area contributed by atoms with E-state index in [1.807, 2.05) is 0 Å². The zero-order valence-corrected chi connectivity index (χ0v) is 20.4. The first-order valence-corrected chi connectivity index (χ1v) is 12.3. The third kappa shape index (κ3) is 5.34. The number of carbonyl (C=O) groups is 1. The minimum absolute atomic E-state index is 0.0235. The number of piperidine rings is 1. The van der Waals surface area contributed by atoms with Crippen molar-refractivity contribution in [3.8, 4) is 11.3 Å². The van der Waals surface area contributed by atoms with Crippen molar-refractivity contribution >= 4 is 6.09 Å². The van der Waals surface area contributed by atoms with Gasteiger partial charge in [0.25, 0.3) is 0 Å². The first-order valence-electron chi connectivity index (χ1n) is 12.3. The van der Waals surface area contributed by atoms with E-state index in [2.05, 4.69) is 15.5 Å². The van der Waals surface area contributed by atoms with E-state index in [0.29, 0.717) is 24.4 Å². The molecule has 39 heavy (non-hydrogen) atoms. The third-order valence-electron chi connectivity index (χ3n) is 7.17. The Morgan fingerprint density at radius 1 is 1.10 bits per heavy atom. The van der Waals surface area contributed by atoms with Crippen molar-refractivity contribution in [2.45, 2.75) is 55.6 Å². The molecule has 0 spiro atoms. The minimum Gasteiger partial charge on any atom is -0.465 e. The monoisotopic (exact) mass is 553 g/mol. The summed E-state index contributed by atoms with van der Waals surface area (Å²) in [6.45, 7) is 0.119. The van der Waals surface area contributed by atoms with Gasteiger partial charge in [0, 0.05) is 37.1 Å². The molecule has 2 aromatic heterocycles. The average Bonchev–Trinajstić information content (AvgIpc) is 3.59. The maximum atomic E-state index is 13.7. The van der Waals surface area contributed by atoms with Crippen LogP contribution in [0.5, 0.6) is 0 Å². The summed E-state index contributed by atoms with van der Waals surface area (Å²) >= 11 is 0. The Hall–Kier alpha value is -3.53. The van der Waals surface area contributed by atoms with E-state index in [4.69, 9.17) is 9.26 Å². The lowest BCUT2D eigenvalue weighted by atomic mass is 9.90. The summed E-state index contributed by atoms with van der Waals surface area (Å²) in [5, 5.41) is 52.7. The van der Waals surface area contributed by atoms with Gasteiger partial charge in [0.1, 0.15) is 35.8 Å². The van der Waals surface area contributed by atoms with Crippen LogP contribution in [0, 0.1) is 17.5 Å². The molecule has 2 saturated heterocycles. The molecule has 4 heterocycles. The van der Waals surface area contributed by atoms with E-state index in [-0.39, 0.29) is 30.1 Å². The van der Waals surface area contributed by atoms with Crippen LogP contribution >= 0.6 is 0 Å². The number of aliphatic hydroxyl groups is 3. The Kier molecular flexibility index (Phi) is 7.57. The Morgan fingerprint density at radius 2 is 1.82 bits per heavy atom. The topological polar surface area (TPSA) is 167 Å². The Balaban J connectivity index is 1.35. The molecule has 0 radical (unpaired) electrons. The quantitative estimate of drug-likeness (QED) is 0.328. The zero-order chi connectivity index (χ0) is 27.8. The Morgan fingerprint density at radius 3 is 2.51 bits per heavy atom. The molecule has 15 heteroatoms. The number of ether oxygens (including phenoxy) is 1. The summed E-state index contributed by atoms with van der Waals surface area (Å²) in [5.74, 6) is -4.14. The summed E-state index contributed by atoms with van der Waals surface area (Å²) in [7, 11) is 0. The SMILES string of the molecule is O=C(O)N1CCCC(c2cc(C[C@H]3O[C@H](CO)[C@H](O)[C@H](n4cc(-c5cc(F)c(F)c(F)c5)nn4)[C@H]3O)no2)C1. The summed E-state index contributed by atoms with van der Waals surface area (Å²) in [6.07, 6.45) is -3.30. The van der Waals surface area contributed by atoms with Crippen LogP contribution in [-0.4, -0.2) is 95.7 Å². The van der Waals surface area contributed by atoms with Crippen molar-refractivity contribution < 1.29 is 47.7 Å². The molecule has 12 nitrogen and oxygen atoms in total. The Labute approximate surface area is 219 Å². The highest BCUT2D eigenvalue weighted by Gasteiger charge is 2.46. The molecule has 6 atom stereocenters. The van der Waals surface area contributed by atoms with Crippen molar-refractivity contribution in [1.29, 1.82) is 0 Å². The number of aromatic nitrogens is 4. The molecule has 0 bridgehead atoms. The lowest BCUT2D eigenvalue weighted by Gasteiger charge is -2.42. The van der Waals surface area contributed by atoms with Crippen molar-refractivity contribution in [2.75, 3.05) is 19.7 Å². The average molecular weight is 553 g/mol. The van der Waals surface area contributed by atoms with E-state index in [1.54, 1.807) is 6.07 Å². The highest BCUT2D eigenvalue weighted by atomic mass is 19.2. The van der Waals surface area contributed by atoms with Gasteiger partial charge in [-0.25, -0.2) is 22.6 Å². The van der Waals surface area contributed by atoms with Gasteiger partial charge in [-0.3, -0.25) is 0 Å². The number of carboxylic acid groups (broad SMARTS) is 1. The van der Waals surface area contributed by atoms with E-state index in [0.717, 1.165) is 23.2 Å². The predicted octanol–water partition coefficient (Wildman–Crippen LogP) is 1.47. The lowest BCUT2D eigenvalue weighted by molar-refractivity contribution is -0.205. The number of hydrogen-bond acceptors (Lipinski definition) is 9. The fraction of sp³-hybridized carbons (Fsp3) is 0.500. The standard InChI is InChI=1S/C24H26F3N5O7/c25-14-4-12(5-15(26)20(14)27)16-9-32(30-28-16)21-22(34)18(38-19(10-33)23(21)35)7-13-6-17(39-29-13)11-2-1-3-31(8-11)24(36)37/h4-6,9,11,18-19,21-23,33-35H,1-3,7-8,10H2,(H,36,37)/t11?,18-,19-,21-,22+,23+/m1/s1. The van der Waals surface area contributed by atoms with Gasteiger partial charge in [0.2, 0.25) is 0 Å². The summed E-state index contributed by atoms with van der Waals surface area (Å²) in [4.78, 5) is 12.6. The number of nitrogens with zero attached hydrogens (tertiary/aromatic N) is 5. The molecule has 2 aliphatic rings. The number of benzene rings is 1. The number of likely N-dealkylation sites (tertiary alicyclic amines) is 1. The normalized spacial score (nSPS) is 27.6. The molecule has 210 valence electrons. The van der Waals surface area contributed by atoms with Crippen LogP contribution in [0.4, 0.5) is 18.0 Å². The molecule has 1 unspecified atom stereocenters. The number of hydrogen-bond donors (Lipinski definition) is 4. The summed E-state index contributed by atoms with van der Waals surface area (Å²) < 4.78 is 53.0.